The molecule has 0 fully saturated rings. The van der Waals surface area contributed by atoms with Crippen molar-refractivity contribution < 1.29 is 31.1 Å². The molecule has 27 heavy (non-hydrogen) atoms. The monoisotopic (exact) mass is 401 g/mol. The Kier molecular flexibility index (Phi) is 5.34. The summed E-state index contributed by atoms with van der Waals surface area (Å²) < 4.78 is 77.2. The second-order valence-corrected chi connectivity index (χ2v) is 7.84. The fourth-order valence-electron chi connectivity index (χ4n) is 2.66. The van der Waals surface area contributed by atoms with E-state index in [1.54, 1.807) is 0 Å². The quantitative estimate of drug-likeness (QED) is 0.844. The van der Waals surface area contributed by atoms with Crippen molar-refractivity contribution in [2.24, 2.45) is 0 Å². The van der Waals surface area contributed by atoms with Gasteiger partial charge in [0.1, 0.15) is 0 Å². The topological polar surface area (TPSA) is 64.6 Å². The fourth-order valence-corrected chi connectivity index (χ4v) is 3.91. The number of hydrogen-bond donors (Lipinski definition) is 1. The van der Waals surface area contributed by atoms with Gasteiger partial charge < -0.3 is 9.47 Å². The molecule has 0 aliphatic carbocycles. The Morgan fingerprint density at radius 3 is 2.44 bits per heavy atom. The standard InChI is InChI=1S/C18H18F3NO4S/c1-12(13-4-2-5-14(10-13)18(19,20)21)22-27(23,24)15-6-7-16-17(11-15)26-9-3-8-25-16/h2,4-7,10-12,22H,3,8-9H2,1H3. The predicted octanol–water partition coefficient (Wildman–Crippen LogP) is 3.91. The van der Waals surface area contributed by atoms with Crippen molar-refractivity contribution in [2.75, 3.05) is 13.2 Å². The van der Waals surface area contributed by atoms with Crippen molar-refractivity contribution >= 4 is 10.0 Å². The molecule has 1 heterocycles. The van der Waals surface area contributed by atoms with Crippen molar-refractivity contribution in [3.05, 3.63) is 53.6 Å². The predicted molar refractivity (Wildman–Crippen MR) is 92.2 cm³/mol. The molecule has 1 unspecified atom stereocenters. The highest BCUT2D eigenvalue weighted by Gasteiger charge is 2.31. The molecule has 0 radical (unpaired) electrons. The summed E-state index contributed by atoms with van der Waals surface area (Å²) in [6.45, 7) is 2.37. The van der Waals surface area contributed by atoms with Gasteiger partial charge in [0.15, 0.2) is 11.5 Å². The lowest BCUT2D eigenvalue weighted by Crippen LogP contribution is -2.27. The maximum Gasteiger partial charge on any atom is 0.416 e. The van der Waals surface area contributed by atoms with Crippen molar-refractivity contribution in [1.29, 1.82) is 0 Å². The maximum atomic E-state index is 12.9. The Morgan fingerprint density at radius 2 is 1.74 bits per heavy atom. The number of alkyl halides is 3. The van der Waals surface area contributed by atoms with Crippen molar-refractivity contribution in [3.63, 3.8) is 0 Å². The van der Waals surface area contributed by atoms with Gasteiger partial charge >= 0.3 is 6.18 Å². The van der Waals surface area contributed by atoms with Crippen LogP contribution < -0.4 is 14.2 Å². The zero-order valence-electron chi connectivity index (χ0n) is 14.4. The molecule has 2 aromatic carbocycles. The van der Waals surface area contributed by atoms with Crippen LogP contribution in [0.5, 0.6) is 11.5 Å². The fraction of sp³-hybridized carbons (Fsp3) is 0.333. The van der Waals surface area contributed by atoms with Gasteiger partial charge in [-0.25, -0.2) is 13.1 Å². The van der Waals surface area contributed by atoms with Crippen LogP contribution in [0.3, 0.4) is 0 Å². The van der Waals surface area contributed by atoms with E-state index < -0.39 is 27.8 Å². The van der Waals surface area contributed by atoms with Crippen LogP contribution >= 0.6 is 0 Å². The van der Waals surface area contributed by atoms with Gasteiger partial charge in [-0.05, 0) is 36.8 Å². The van der Waals surface area contributed by atoms with Gasteiger partial charge in [-0.3, -0.25) is 0 Å². The number of sulfonamides is 1. The second-order valence-electron chi connectivity index (χ2n) is 6.13. The maximum absolute atomic E-state index is 12.9. The molecular formula is C18H18F3NO4S. The summed E-state index contributed by atoms with van der Waals surface area (Å²) in [5, 5.41) is 0. The first-order chi connectivity index (χ1) is 12.7. The number of rotatable bonds is 4. The lowest BCUT2D eigenvalue weighted by molar-refractivity contribution is -0.137. The Morgan fingerprint density at radius 1 is 1.04 bits per heavy atom. The van der Waals surface area contributed by atoms with E-state index in [9.17, 15) is 21.6 Å². The van der Waals surface area contributed by atoms with Gasteiger partial charge in [0.25, 0.3) is 0 Å². The molecule has 1 aliphatic rings. The molecule has 146 valence electrons. The average Bonchev–Trinajstić information content (AvgIpc) is 2.85. The summed E-state index contributed by atoms with van der Waals surface area (Å²) in [7, 11) is -3.97. The van der Waals surface area contributed by atoms with Crippen LogP contribution in [0.2, 0.25) is 0 Å². The molecule has 0 saturated heterocycles. The average molecular weight is 401 g/mol. The molecule has 1 aliphatic heterocycles. The van der Waals surface area contributed by atoms with Crippen molar-refractivity contribution in [2.45, 2.75) is 30.5 Å². The van der Waals surface area contributed by atoms with Gasteiger partial charge in [-0.1, -0.05) is 12.1 Å². The van der Waals surface area contributed by atoms with E-state index >= 15 is 0 Å². The minimum absolute atomic E-state index is 0.0504. The molecule has 3 rings (SSSR count). The summed E-state index contributed by atoms with van der Waals surface area (Å²) in [5.41, 5.74) is -0.621. The van der Waals surface area contributed by atoms with E-state index in [1.807, 2.05) is 0 Å². The molecular weight excluding hydrogens is 383 g/mol. The summed E-state index contributed by atoms with van der Waals surface area (Å²) in [6.07, 6.45) is -3.81. The van der Waals surface area contributed by atoms with E-state index in [1.165, 1.54) is 37.3 Å². The normalized spacial score (nSPS) is 15.9. The number of ether oxygens (including phenoxy) is 2. The third kappa shape index (κ3) is 4.54. The summed E-state index contributed by atoms with van der Waals surface area (Å²) in [4.78, 5) is -0.0504. The summed E-state index contributed by atoms with van der Waals surface area (Å²) in [6, 6.07) is 7.93. The molecule has 9 heteroatoms. The molecule has 2 aromatic rings. The number of fused-ring (bicyclic) bond motifs is 1. The third-order valence-corrected chi connectivity index (χ3v) is 5.61. The highest BCUT2D eigenvalue weighted by Crippen LogP contribution is 2.33. The molecule has 0 saturated carbocycles. The lowest BCUT2D eigenvalue weighted by Gasteiger charge is -2.17. The molecule has 0 aromatic heterocycles. The van der Waals surface area contributed by atoms with Crippen LogP contribution in [0.4, 0.5) is 13.2 Å². The van der Waals surface area contributed by atoms with Gasteiger partial charge in [-0.2, -0.15) is 13.2 Å². The first-order valence-electron chi connectivity index (χ1n) is 8.26. The molecule has 0 bridgehead atoms. The van der Waals surface area contributed by atoms with E-state index in [0.717, 1.165) is 12.1 Å². The highest BCUT2D eigenvalue weighted by atomic mass is 32.2. The van der Waals surface area contributed by atoms with E-state index in [-0.39, 0.29) is 10.5 Å². The first-order valence-corrected chi connectivity index (χ1v) is 9.74. The SMILES string of the molecule is CC(NS(=O)(=O)c1ccc2c(c1)OCCCO2)c1cccc(C(F)(F)F)c1. The Hall–Kier alpha value is -2.26. The number of nitrogens with one attached hydrogen (secondary N) is 1. The van der Waals surface area contributed by atoms with E-state index in [2.05, 4.69) is 4.72 Å². The van der Waals surface area contributed by atoms with Gasteiger partial charge in [0.05, 0.1) is 23.7 Å². The summed E-state index contributed by atoms with van der Waals surface area (Å²) >= 11 is 0. The Balaban J connectivity index is 1.83. The minimum atomic E-state index is -4.50. The largest absolute Gasteiger partial charge is 0.490 e. The number of benzene rings is 2. The van der Waals surface area contributed by atoms with Crippen LogP contribution in [0, 0.1) is 0 Å². The number of hydrogen-bond acceptors (Lipinski definition) is 4. The second kappa shape index (κ2) is 7.40. The Bertz CT molecular complexity index is 928. The molecule has 1 atom stereocenters. The molecule has 0 spiro atoms. The van der Waals surface area contributed by atoms with Crippen LogP contribution in [0.1, 0.15) is 30.5 Å². The van der Waals surface area contributed by atoms with Crippen molar-refractivity contribution in [1.82, 2.24) is 4.72 Å². The van der Waals surface area contributed by atoms with Gasteiger partial charge in [-0.15, -0.1) is 0 Å². The lowest BCUT2D eigenvalue weighted by atomic mass is 10.1. The smallest absolute Gasteiger partial charge is 0.416 e. The molecule has 5 nitrogen and oxygen atoms in total. The van der Waals surface area contributed by atoms with Crippen molar-refractivity contribution in [3.8, 4) is 11.5 Å². The highest BCUT2D eigenvalue weighted by molar-refractivity contribution is 7.89. The zero-order valence-corrected chi connectivity index (χ0v) is 15.2. The minimum Gasteiger partial charge on any atom is -0.490 e. The zero-order chi connectivity index (χ0) is 19.7. The van der Waals surface area contributed by atoms with E-state index in [0.29, 0.717) is 31.1 Å². The summed E-state index contributed by atoms with van der Waals surface area (Å²) in [5.74, 6) is 0.777. The third-order valence-electron chi connectivity index (χ3n) is 4.08. The van der Waals surface area contributed by atoms with Crippen LogP contribution in [0.25, 0.3) is 0 Å². The van der Waals surface area contributed by atoms with Crippen LogP contribution in [0.15, 0.2) is 47.4 Å². The first kappa shape index (κ1) is 19.5. The van der Waals surface area contributed by atoms with Crippen LogP contribution in [-0.2, 0) is 16.2 Å². The number of halogens is 3. The molecule has 0 amide bonds. The van der Waals surface area contributed by atoms with Gasteiger partial charge in [0.2, 0.25) is 10.0 Å². The Labute approximate surface area is 155 Å². The van der Waals surface area contributed by atoms with E-state index in [4.69, 9.17) is 9.47 Å². The molecule has 1 N–H and O–H groups in total. The van der Waals surface area contributed by atoms with Crippen LogP contribution in [-0.4, -0.2) is 21.6 Å². The van der Waals surface area contributed by atoms with Gasteiger partial charge in [0, 0.05) is 18.5 Å².